The number of rotatable bonds is 6. The van der Waals surface area contributed by atoms with Gasteiger partial charge in [0.05, 0.1) is 11.1 Å². The molecule has 1 atom stereocenters. The molecule has 0 saturated heterocycles. The Hall–Kier alpha value is -2.99. The van der Waals surface area contributed by atoms with Crippen molar-refractivity contribution in [2.75, 3.05) is 23.7 Å². The average Bonchev–Trinajstić information content (AvgIpc) is 2.79. The molecule has 0 aliphatic heterocycles. The molecule has 2 aromatic carbocycles. The molecule has 0 amide bonds. The van der Waals surface area contributed by atoms with Gasteiger partial charge in [-0.2, -0.15) is 0 Å². The van der Waals surface area contributed by atoms with Crippen molar-refractivity contribution in [1.29, 1.82) is 0 Å². The number of pyridine rings is 1. The Kier molecular flexibility index (Phi) is 6.18. The van der Waals surface area contributed by atoms with Crippen LogP contribution in [0, 0.1) is 0 Å². The lowest BCUT2D eigenvalue weighted by Gasteiger charge is -2.21. The predicted molar refractivity (Wildman–Crippen MR) is 132 cm³/mol. The minimum atomic E-state index is 0.102. The van der Waals surface area contributed by atoms with E-state index >= 15 is 0 Å². The summed E-state index contributed by atoms with van der Waals surface area (Å²) in [5.74, 6) is 0.558. The zero-order valence-electron chi connectivity index (χ0n) is 18.0. The average molecular weight is 476 g/mol. The molecule has 2 aromatic heterocycles. The van der Waals surface area contributed by atoms with Gasteiger partial charge in [-0.05, 0) is 55.3 Å². The van der Waals surface area contributed by atoms with Crippen molar-refractivity contribution in [2.45, 2.75) is 26.7 Å². The fraction of sp³-hybridized carbons (Fsp3) is 0.240. The molecule has 31 heavy (non-hydrogen) atoms. The highest BCUT2D eigenvalue weighted by Crippen LogP contribution is 2.35. The molecule has 158 valence electrons. The van der Waals surface area contributed by atoms with E-state index in [0.29, 0.717) is 11.5 Å². The summed E-state index contributed by atoms with van der Waals surface area (Å²) >= 11 is 3.58. The van der Waals surface area contributed by atoms with E-state index in [-0.39, 0.29) is 5.92 Å². The predicted octanol–water partition coefficient (Wildman–Crippen LogP) is 6.03. The Bertz CT molecular complexity index is 1200. The molecule has 0 fully saturated rings. The molecule has 5 nitrogen and oxygen atoms in total. The van der Waals surface area contributed by atoms with E-state index in [1.54, 1.807) is 0 Å². The van der Waals surface area contributed by atoms with Crippen LogP contribution >= 0.6 is 15.9 Å². The number of anilines is 2. The summed E-state index contributed by atoms with van der Waals surface area (Å²) in [6.45, 7) is 8.48. The number of aromatic nitrogens is 3. The molecule has 1 unspecified atom stereocenters. The third kappa shape index (κ3) is 4.26. The van der Waals surface area contributed by atoms with E-state index in [0.717, 1.165) is 39.8 Å². The number of benzene rings is 2. The summed E-state index contributed by atoms with van der Waals surface area (Å²) in [7, 11) is 0. The van der Waals surface area contributed by atoms with Gasteiger partial charge in [0, 0.05) is 34.7 Å². The lowest BCUT2D eigenvalue weighted by molar-refractivity contribution is 0.866. The Labute approximate surface area is 191 Å². The molecule has 0 spiro atoms. The van der Waals surface area contributed by atoms with E-state index in [9.17, 15) is 0 Å². The molecule has 0 aliphatic carbocycles. The molecule has 4 aromatic rings. The summed E-state index contributed by atoms with van der Waals surface area (Å²) in [5.41, 5.74) is 12.3. The highest BCUT2D eigenvalue weighted by atomic mass is 79.9. The highest BCUT2D eigenvalue weighted by molar-refractivity contribution is 9.10. The van der Waals surface area contributed by atoms with Crippen molar-refractivity contribution < 1.29 is 0 Å². The SMILES string of the molecule is CCN(CC)c1ccc(-c2cc(C(C)c3cccc(Br)c3)c3c(N)ncnc3n2)cc1. The molecule has 0 aliphatic rings. The zero-order chi connectivity index (χ0) is 22.0. The number of nitrogen functional groups attached to an aromatic ring is 1. The summed E-state index contributed by atoms with van der Waals surface area (Å²) in [6, 6.07) is 19.0. The first-order valence-corrected chi connectivity index (χ1v) is 11.3. The van der Waals surface area contributed by atoms with Crippen LogP contribution in [-0.2, 0) is 0 Å². The van der Waals surface area contributed by atoms with Crippen LogP contribution in [0.2, 0.25) is 0 Å². The molecular formula is C25H26BrN5. The van der Waals surface area contributed by atoms with Gasteiger partial charge in [0.25, 0.3) is 0 Å². The summed E-state index contributed by atoms with van der Waals surface area (Å²) < 4.78 is 1.05. The van der Waals surface area contributed by atoms with E-state index in [4.69, 9.17) is 10.7 Å². The minimum Gasteiger partial charge on any atom is -0.383 e. The van der Waals surface area contributed by atoms with Crippen LogP contribution in [0.25, 0.3) is 22.3 Å². The topological polar surface area (TPSA) is 67.9 Å². The molecular weight excluding hydrogens is 450 g/mol. The van der Waals surface area contributed by atoms with Crippen LogP contribution in [-0.4, -0.2) is 28.0 Å². The van der Waals surface area contributed by atoms with Gasteiger partial charge in [0.2, 0.25) is 0 Å². The van der Waals surface area contributed by atoms with E-state index in [1.165, 1.54) is 17.6 Å². The van der Waals surface area contributed by atoms with Crippen LogP contribution in [0.1, 0.15) is 37.8 Å². The molecule has 0 radical (unpaired) electrons. The second-order valence-electron chi connectivity index (χ2n) is 7.55. The van der Waals surface area contributed by atoms with Gasteiger partial charge >= 0.3 is 0 Å². The Morgan fingerprint density at radius 2 is 1.74 bits per heavy atom. The zero-order valence-corrected chi connectivity index (χ0v) is 19.6. The van der Waals surface area contributed by atoms with Crippen molar-refractivity contribution >= 4 is 38.5 Å². The van der Waals surface area contributed by atoms with Crippen LogP contribution in [0.3, 0.4) is 0 Å². The van der Waals surface area contributed by atoms with Crippen molar-refractivity contribution in [3.05, 3.63) is 76.5 Å². The van der Waals surface area contributed by atoms with E-state index < -0.39 is 0 Å². The number of nitrogens with zero attached hydrogens (tertiary/aromatic N) is 4. The maximum Gasteiger partial charge on any atom is 0.165 e. The monoisotopic (exact) mass is 475 g/mol. The molecule has 2 heterocycles. The van der Waals surface area contributed by atoms with E-state index in [2.05, 4.69) is 94.0 Å². The molecule has 0 bridgehead atoms. The third-order valence-corrected chi connectivity index (χ3v) is 6.26. The summed E-state index contributed by atoms with van der Waals surface area (Å²) in [6.07, 6.45) is 1.48. The number of nitrogens with two attached hydrogens (primary N) is 1. The second-order valence-corrected chi connectivity index (χ2v) is 8.47. The number of halogens is 1. The lowest BCUT2D eigenvalue weighted by Crippen LogP contribution is -2.21. The van der Waals surface area contributed by atoms with Crippen LogP contribution < -0.4 is 10.6 Å². The molecule has 4 rings (SSSR count). The van der Waals surface area contributed by atoms with Crippen molar-refractivity contribution in [3.8, 4) is 11.3 Å². The summed E-state index contributed by atoms with van der Waals surface area (Å²) in [4.78, 5) is 15.8. The van der Waals surface area contributed by atoms with Crippen molar-refractivity contribution in [3.63, 3.8) is 0 Å². The van der Waals surface area contributed by atoms with Gasteiger partial charge in [-0.15, -0.1) is 0 Å². The largest absolute Gasteiger partial charge is 0.383 e. The van der Waals surface area contributed by atoms with Gasteiger partial charge in [-0.25, -0.2) is 15.0 Å². The fourth-order valence-electron chi connectivity index (χ4n) is 3.99. The summed E-state index contributed by atoms with van der Waals surface area (Å²) in [5, 5.41) is 0.818. The standard InChI is InChI=1S/C25H26BrN5/c1-4-31(5-2)20-11-9-17(10-12-20)22-14-21(16(3)18-7-6-8-19(26)13-18)23-24(27)28-15-29-25(23)30-22/h6-16H,4-5H2,1-3H3,(H2,27,28,29,30). The Morgan fingerprint density at radius 3 is 2.42 bits per heavy atom. The van der Waals surface area contributed by atoms with Gasteiger partial charge in [-0.1, -0.05) is 47.1 Å². The van der Waals surface area contributed by atoms with Gasteiger partial charge in [0.15, 0.2) is 5.65 Å². The first kappa shape index (κ1) is 21.2. The number of hydrogen-bond acceptors (Lipinski definition) is 5. The molecule has 0 saturated carbocycles. The minimum absolute atomic E-state index is 0.102. The fourth-order valence-corrected chi connectivity index (χ4v) is 4.41. The smallest absolute Gasteiger partial charge is 0.165 e. The quantitative estimate of drug-likeness (QED) is 0.368. The maximum atomic E-state index is 6.27. The van der Waals surface area contributed by atoms with Gasteiger partial charge in [-0.3, -0.25) is 0 Å². The Morgan fingerprint density at radius 1 is 1.00 bits per heavy atom. The van der Waals surface area contributed by atoms with Crippen LogP contribution in [0.4, 0.5) is 11.5 Å². The highest BCUT2D eigenvalue weighted by Gasteiger charge is 2.18. The van der Waals surface area contributed by atoms with E-state index in [1.807, 2.05) is 12.1 Å². The van der Waals surface area contributed by atoms with Gasteiger partial charge < -0.3 is 10.6 Å². The lowest BCUT2D eigenvalue weighted by atomic mass is 9.90. The number of fused-ring (bicyclic) bond motifs is 1. The first-order valence-electron chi connectivity index (χ1n) is 10.5. The first-order chi connectivity index (χ1) is 15.0. The van der Waals surface area contributed by atoms with Crippen molar-refractivity contribution in [2.24, 2.45) is 0 Å². The molecule has 6 heteroatoms. The normalized spacial score (nSPS) is 12.1. The Balaban J connectivity index is 1.85. The van der Waals surface area contributed by atoms with Crippen LogP contribution in [0.15, 0.2) is 65.4 Å². The molecule has 2 N–H and O–H groups in total. The van der Waals surface area contributed by atoms with Gasteiger partial charge in [0.1, 0.15) is 12.1 Å². The second kappa shape index (κ2) is 9.02. The van der Waals surface area contributed by atoms with Crippen LogP contribution in [0.5, 0.6) is 0 Å². The third-order valence-electron chi connectivity index (χ3n) is 5.77. The number of hydrogen-bond donors (Lipinski definition) is 1. The maximum absolute atomic E-state index is 6.27. The van der Waals surface area contributed by atoms with Crippen molar-refractivity contribution in [1.82, 2.24) is 15.0 Å².